The van der Waals surface area contributed by atoms with Gasteiger partial charge in [-0.1, -0.05) is 38.2 Å². The van der Waals surface area contributed by atoms with Crippen LogP contribution in [0.3, 0.4) is 0 Å². The molecule has 19 heavy (non-hydrogen) atoms. The summed E-state index contributed by atoms with van der Waals surface area (Å²) < 4.78 is 4.91. The second-order valence-electron chi connectivity index (χ2n) is 4.64. The van der Waals surface area contributed by atoms with E-state index in [9.17, 15) is 14.7 Å². The average molecular weight is 269 g/mol. The van der Waals surface area contributed by atoms with Gasteiger partial charge in [-0.3, -0.25) is 4.79 Å². The van der Waals surface area contributed by atoms with Crippen LogP contribution in [0, 0.1) is 0 Å². The first-order valence-corrected chi connectivity index (χ1v) is 7.13. The largest absolute Gasteiger partial charge is 0.550 e. The highest BCUT2D eigenvalue weighted by molar-refractivity contribution is 5.75. The fourth-order valence-corrected chi connectivity index (χ4v) is 1.74. The van der Waals surface area contributed by atoms with Crippen molar-refractivity contribution in [3.63, 3.8) is 0 Å². The second-order valence-corrected chi connectivity index (χ2v) is 4.64. The van der Waals surface area contributed by atoms with Crippen molar-refractivity contribution in [2.45, 2.75) is 64.2 Å². The fraction of sp³-hybridized carbons (Fsp3) is 0.733. The maximum Gasteiger partial charge on any atom is 0.306 e. The number of allylic oxidation sites excluding steroid dienone is 1. The minimum atomic E-state index is -1.21. The summed E-state index contributed by atoms with van der Waals surface area (Å²) in [7, 11) is 0. The molecule has 0 heterocycles. The standard InChI is InChI=1S/C15H26O4/c1-2-3-4-5-6-7-8-9-10-13-19-15(18)12-11-14(16)17/h2H,1,3-13H2,(H,16,17)/p-1. The number of carbonyl (C=O) groups excluding carboxylic acids is 2. The summed E-state index contributed by atoms with van der Waals surface area (Å²) in [6, 6.07) is 0. The third-order valence-corrected chi connectivity index (χ3v) is 2.85. The Hall–Kier alpha value is -1.32. The fourth-order valence-electron chi connectivity index (χ4n) is 1.74. The Labute approximate surface area is 115 Å². The van der Waals surface area contributed by atoms with Crippen molar-refractivity contribution in [2.24, 2.45) is 0 Å². The van der Waals surface area contributed by atoms with E-state index in [4.69, 9.17) is 4.74 Å². The van der Waals surface area contributed by atoms with Crippen LogP contribution in [0.5, 0.6) is 0 Å². The number of carboxylic acid groups (broad SMARTS) is 1. The van der Waals surface area contributed by atoms with Gasteiger partial charge < -0.3 is 14.6 Å². The summed E-state index contributed by atoms with van der Waals surface area (Å²) in [6.45, 7) is 4.08. The number of hydrogen-bond donors (Lipinski definition) is 0. The lowest BCUT2D eigenvalue weighted by Gasteiger charge is -2.05. The normalized spacial score (nSPS) is 10.1. The van der Waals surface area contributed by atoms with Crippen molar-refractivity contribution in [1.82, 2.24) is 0 Å². The summed E-state index contributed by atoms with van der Waals surface area (Å²) in [5.41, 5.74) is 0. The molecule has 0 spiro atoms. The molecule has 0 saturated heterocycles. The minimum Gasteiger partial charge on any atom is -0.550 e. The van der Waals surface area contributed by atoms with Crippen LogP contribution < -0.4 is 5.11 Å². The van der Waals surface area contributed by atoms with Crippen LogP contribution >= 0.6 is 0 Å². The summed E-state index contributed by atoms with van der Waals surface area (Å²) in [6.07, 6.45) is 10.7. The van der Waals surface area contributed by atoms with Crippen molar-refractivity contribution in [1.29, 1.82) is 0 Å². The monoisotopic (exact) mass is 269 g/mol. The molecule has 0 aliphatic rings. The zero-order chi connectivity index (χ0) is 14.3. The first kappa shape index (κ1) is 17.7. The summed E-state index contributed by atoms with van der Waals surface area (Å²) in [5.74, 6) is -1.66. The number of hydrogen-bond acceptors (Lipinski definition) is 4. The third kappa shape index (κ3) is 14.6. The van der Waals surface area contributed by atoms with Gasteiger partial charge in [-0.05, 0) is 25.7 Å². The molecular weight excluding hydrogens is 244 g/mol. The molecule has 0 unspecified atom stereocenters. The number of aliphatic carboxylic acids is 1. The highest BCUT2D eigenvalue weighted by Crippen LogP contribution is 2.08. The highest BCUT2D eigenvalue weighted by atomic mass is 16.5. The van der Waals surface area contributed by atoms with Gasteiger partial charge in [-0.25, -0.2) is 0 Å². The Morgan fingerprint density at radius 2 is 1.53 bits per heavy atom. The van der Waals surface area contributed by atoms with Crippen LogP contribution in [-0.2, 0) is 14.3 Å². The molecule has 0 saturated carbocycles. The van der Waals surface area contributed by atoms with Crippen LogP contribution in [0.4, 0.5) is 0 Å². The van der Waals surface area contributed by atoms with E-state index in [0.717, 1.165) is 25.7 Å². The number of unbranched alkanes of at least 4 members (excludes halogenated alkanes) is 7. The molecule has 0 amide bonds. The van der Waals surface area contributed by atoms with Crippen LogP contribution in [0.15, 0.2) is 12.7 Å². The number of ether oxygens (including phenoxy) is 1. The third-order valence-electron chi connectivity index (χ3n) is 2.85. The molecule has 0 bridgehead atoms. The van der Waals surface area contributed by atoms with Crippen LogP contribution in [0.25, 0.3) is 0 Å². The molecular formula is C15H25O4-. The molecule has 0 aliphatic heterocycles. The number of carbonyl (C=O) groups is 2. The molecule has 0 fully saturated rings. The predicted molar refractivity (Wildman–Crippen MR) is 72.3 cm³/mol. The van der Waals surface area contributed by atoms with E-state index in [0.29, 0.717) is 6.61 Å². The topological polar surface area (TPSA) is 66.4 Å². The van der Waals surface area contributed by atoms with Gasteiger partial charge >= 0.3 is 5.97 Å². The van der Waals surface area contributed by atoms with Crippen LogP contribution in [0.2, 0.25) is 0 Å². The molecule has 0 aromatic heterocycles. The Morgan fingerprint density at radius 1 is 0.947 bits per heavy atom. The molecule has 0 aromatic carbocycles. The zero-order valence-corrected chi connectivity index (χ0v) is 11.7. The molecule has 4 heteroatoms. The highest BCUT2D eigenvalue weighted by Gasteiger charge is 2.02. The van der Waals surface area contributed by atoms with Gasteiger partial charge in [-0.2, -0.15) is 0 Å². The van der Waals surface area contributed by atoms with Gasteiger partial charge in [0, 0.05) is 5.97 Å². The van der Waals surface area contributed by atoms with Crippen molar-refractivity contribution < 1.29 is 19.4 Å². The SMILES string of the molecule is C=CCCCCCCCCCOC(=O)CCC(=O)[O-]. The maximum absolute atomic E-state index is 11.1. The van der Waals surface area contributed by atoms with E-state index in [1.807, 2.05) is 6.08 Å². The number of carboxylic acids is 1. The first-order chi connectivity index (χ1) is 9.16. The number of esters is 1. The van der Waals surface area contributed by atoms with Crippen molar-refractivity contribution in [3.05, 3.63) is 12.7 Å². The van der Waals surface area contributed by atoms with Gasteiger partial charge in [0.05, 0.1) is 13.0 Å². The molecule has 110 valence electrons. The predicted octanol–water partition coefficient (Wildman–Crippen LogP) is 2.37. The lowest BCUT2D eigenvalue weighted by Crippen LogP contribution is -2.23. The Balaban J connectivity index is 3.15. The van der Waals surface area contributed by atoms with Gasteiger partial charge in [0.15, 0.2) is 0 Å². The van der Waals surface area contributed by atoms with E-state index < -0.39 is 11.9 Å². The summed E-state index contributed by atoms with van der Waals surface area (Å²) in [5, 5.41) is 10.1. The quantitative estimate of drug-likeness (QED) is 0.292. The Bertz CT molecular complexity index is 261. The Morgan fingerprint density at radius 3 is 2.11 bits per heavy atom. The Kier molecular flexibility index (Phi) is 12.2. The zero-order valence-electron chi connectivity index (χ0n) is 11.7. The van der Waals surface area contributed by atoms with Gasteiger partial charge in [0.25, 0.3) is 0 Å². The molecule has 0 aromatic rings. The van der Waals surface area contributed by atoms with E-state index in [1.54, 1.807) is 0 Å². The van der Waals surface area contributed by atoms with E-state index in [2.05, 4.69) is 6.58 Å². The molecule has 0 radical (unpaired) electrons. The molecule has 0 aliphatic carbocycles. The van der Waals surface area contributed by atoms with Crippen LogP contribution in [0.1, 0.15) is 64.2 Å². The molecule has 0 rings (SSSR count). The first-order valence-electron chi connectivity index (χ1n) is 7.13. The number of rotatable bonds is 13. The van der Waals surface area contributed by atoms with Gasteiger partial charge in [-0.15, -0.1) is 6.58 Å². The lowest BCUT2D eigenvalue weighted by atomic mass is 10.1. The molecule has 0 atom stereocenters. The minimum absolute atomic E-state index is 0.0916. The smallest absolute Gasteiger partial charge is 0.306 e. The van der Waals surface area contributed by atoms with Crippen molar-refractivity contribution in [2.75, 3.05) is 6.61 Å². The maximum atomic E-state index is 11.1. The molecule has 0 N–H and O–H groups in total. The van der Waals surface area contributed by atoms with Crippen LogP contribution in [-0.4, -0.2) is 18.5 Å². The van der Waals surface area contributed by atoms with E-state index in [-0.39, 0.29) is 12.8 Å². The van der Waals surface area contributed by atoms with E-state index >= 15 is 0 Å². The van der Waals surface area contributed by atoms with Gasteiger partial charge in [0.2, 0.25) is 0 Å². The average Bonchev–Trinajstić information content (AvgIpc) is 2.38. The second kappa shape index (κ2) is 13.1. The van der Waals surface area contributed by atoms with E-state index in [1.165, 1.54) is 25.7 Å². The summed E-state index contributed by atoms with van der Waals surface area (Å²) in [4.78, 5) is 21.2. The summed E-state index contributed by atoms with van der Waals surface area (Å²) >= 11 is 0. The van der Waals surface area contributed by atoms with Crippen molar-refractivity contribution in [3.8, 4) is 0 Å². The lowest BCUT2D eigenvalue weighted by molar-refractivity contribution is -0.305. The van der Waals surface area contributed by atoms with Crippen molar-refractivity contribution >= 4 is 11.9 Å². The molecule has 4 nitrogen and oxygen atoms in total. The van der Waals surface area contributed by atoms with Gasteiger partial charge in [0.1, 0.15) is 0 Å².